The van der Waals surface area contributed by atoms with Gasteiger partial charge in [0.1, 0.15) is 0 Å². The fourth-order valence-corrected chi connectivity index (χ4v) is 2.27. The van der Waals surface area contributed by atoms with Crippen molar-refractivity contribution >= 4 is 5.69 Å². The van der Waals surface area contributed by atoms with Crippen molar-refractivity contribution in [3.05, 3.63) is 41.5 Å². The van der Waals surface area contributed by atoms with E-state index in [2.05, 4.69) is 24.0 Å². The molecule has 2 rings (SSSR count). The molecule has 0 aliphatic carbocycles. The van der Waals surface area contributed by atoms with Crippen molar-refractivity contribution in [3.63, 3.8) is 0 Å². The fourth-order valence-electron chi connectivity index (χ4n) is 2.27. The molecule has 1 unspecified atom stereocenters. The van der Waals surface area contributed by atoms with Crippen LogP contribution in [0.5, 0.6) is 0 Å². The van der Waals surface area contributed by atoms with Crippen LogP contribution < -0.4 is 4.90 Å². The van der Waals surface area contributed by atoms with E-state index in [1.54, 1.807) is 0 Å². The lowest BCUT2D eigenvalue weighted by molar-refractivity contribution is 0.174. The van der Waals surface area contributed by atoms with E-state index >= 15 is 0 Å². The number of aliphatic hydroxyl groups is 1. The Morgan fingerprint density at radius 3 is 2.76 bits per heavy atom. The number of rotatable bonds is 3. The number of benzene rings is 1. The molecular formula is C15H21NO. The molecule has 92 valence electrons. The quantitative estimate of drug-likeness (QED) is 0.807. The van der Waals surface area contributed by atoms with Gasteiger partial charge in [-0.15, -0.1) is 0 Å². The lowest BCUT2D eigenvalue weighted by Crippen LogP contribution is -2.29. The molecule has 17 heavy (non-hydrogen) atoms. The van der Waals surface area contributed by atoms with Gasteiger partial charge >= 0.3 is 0 Å². The molecular weight excluding hydrogens is 210 g/mol. The van der Waals surface area contributed by atoms with Crippen molar-refractivity contribution in [1.29, 1.82) is 0 Å². The van der Waals surface area contributed by atoms with Crippen molar-refractivity contribution in [1.82, 2.24) is 0 Å². The average molecular weight is 231 g/mol. The SMILES string of the molecule is CCC(O)c1ccccc1N1CC=C(C)CC1. The third-order valence-corrected chi connectivity index (χ3v) is 3.46. The Balaban J connectivity index is 2.26. The van der Waals surface area contributed by atoms with Crippen LogP contribution in [0.3, 0.4) is 0 Å². The van der Waals surface area contributed by atoms with Crippen LogP contribution in [-0.2, 0) is 0 Å². The normalized spacial score (nSPS) is 17.8. The summed E-state index contributed by atoms with van der Waals surface area (Å²) in [7, 11) is 0. The zero-order valence-corrected chi connectivity index (χ0v) is 10.7. The van der Waals surface area contributed by atoms with E-state index < -0.39 is 0 Å². The van der Waals surface area contributed by atoms with Crippen LogP contribution >= 0.6 is 0 Å². The van der Waals surface area contributed by atoms with Crippen LogP contribution in [0.15, 0.2) is 35.9 Å². The van der Waals surface area contributed by atoms with Crippen LogP contribution in [0.2, 0.25) is 0 Å². The lowest BCUT2D eigenvalue weighted by atomic mass is 10.0. The summed E-state index contributed by atoms with van der Waals surface area (Å²) in [5.41, 5.74) is 3.71. The third-order valence-electron chi connectivity index (χ3n) is 3.46. The molecule has 1 N–H and O–H groups in total. The number of hydrogen-bond donors (Lipinski definition) is 1. The first-order valence-corrected chi connectivity index (χ1v) is 6.40. The summed E-state index contributed by atoms with van der Waals surface area (Å²) in [5.74, 6) is 0. The molecule has 2 heteroatoms. The minimum atomic E-state index is -0.349. The highest BCUT2D eigenvalue weighted by atomic mass is 16.3. The van der Waals surface area contributed by atoms with Crippen LogP contribution in [-0.4, -0.2) is 18.2 Å². The summed E-state index contributed by atoms with van der Waals surface area (Å²) >= 11 is 0. The van der Waals surface area contributed by atoms with Gasteiger partial charge in [0.25, 0.3) is 0 Å². The molecule has 1 atom stereocenters. The van der Waals surface area contributed by atoms with E-state index in [0.717, 1.165) is 31.5 Å². The molecule has 1 heterocycles. The van der Waals surface area contributed by atoms with Gasteiger partial charge < -0.3 is 10.0 Å². The van der Waals surface area contributed by atoms with E-state index in [9.17, 15) is 5.11 Å². The van der Waals surface area contributed by atoms with Gasteiger partial charge in [0.05, 0.1) is 6.10 Å². The highest BCUT2D eigenvalue weighted by Crippen LogP contribution is 2.29. The molecule has 0 saturated carbocycles. The van der Waals surface area contributed by atoms with Gasteiger partial charge in [0, 0.05) is 24.3 Å². The maximum atomic E-state index is 10.1. The first-order chi connectivity index (χ1) is 8.22. The molecule has 1 aromatic carbocycles. The van der Waals surface area contributed by atoms with Crippen molar-refractivity contribution in [3.8, 4) is 0 Å². The van der Waals surface area contributed by atoms with Gasteiger partial charge in [-0.1, -0.05) is 36.8 Å². The summed E-state index contributed by atoms with van der Waals surface area (Å²) in [5, 5.41) is 10.1. The highest BCUT2D eigenvalue weighted by Gasteiger charge is 2.16. The van der Waals surface area contributed by atoms with Gasteiger partial charge in [-0.05, 0) is 25.8 Å². The highest BCUT2D eigenvalue weighted by molar-refractivity contribution is 5.55. The Morgan fingerprint density at radius 1 is 1.35 bits per heavy atom. The van der Waals surface area contributed by atoms with Gasteiger partial charge in [-0.25, -0.2) is 0 Å². The second-order valence-electron chi connectivity index (χ2n) is 4.73. The zero-order valence-electron chi connectivity index (χ0n) is 10.7. The van der Waals surface area contributed by atoms with Crippen molar-refractivity contribution in [2.24, 2.45) is 0 Å². The summed E-state index contributed by atoms with van der Waals surface area (Å²) < 4.78 is 0. The second kappa shape index (κ2) is 5.37. The molecule has 0 radical (unpaired) electrons. The lowest BCUT2D eigenvalue weighted by Gasteiger charge is -2.30. The summed E-state index contributed by atoms with van der Waals surface area (Å²) in [6.45, 7) is 6.21. The minimum absolute atomic E-state index is 0.349. The Labute approximate surface area is 104 Å². The number of aliphatic hydroxyl groups excluding tert-OH is 1. The van der Waals surface area contributed by atoms with Crippen molar-refractivity contribution in [2.45, 2.75) is 32.8 Å². The largest absolute Gasteiger partial charge is 0.388 e. The molecule has 0 bridgehead atoms. The van der Waals surface area contributed by atoms with E-state index in [0.29, 0.717) is 0 Å². The van der Waals surface area contributed by atoms with Gasteiger partial charge in [-0.2, -0.15) is 0 Å². The molecule has 2 nitrogen and oxygen atoms in total. The van der Waals surface area contributed by atoms with E-state index in [1.165, 1.54) is 11.3 Å². The maximum absolute atomic E-state index is 10.1. The smallest absolute Gasteiger partial charge is 0.0807 e. The number of para-hydroxylation sites is 1. The molecule has 0 saturated heterocycles. The summed E-state index contributed by atoms with van der Waals surface area (Å²) in [6.07, 6.45) is 3.81. The van der Waals surface area contributed by atoms with Gasteiger partial charge in [-0.3, -0.25) is 0 Å². The first-order valence-electron chi connectivity index (χ1n) is 6.40. The van der Waals surface area contributed by atoms with Crippen LogP contribution in [0.25, 0.3) is 0 Å². The monoisotopic (exact) mass is 231 g/mol. The van der Waals surface area contributed by atoms with Crippen LogP contribution in [0.1, 0.15) is 38.4 Å². The minimum Gasteiger partial charge on any atom is -0.388 e. The van der Waals surface area contributed by atoms with E-state index in [4.69, 9.17) is 0 Å². The standard InChI is InChI=1S/C15H21NO/c1-3-15(17)13-6-4-5-7-14(13)16-10-8-12(2)9-11-16/h4-8,15,17H,3,9-11H2,1-2H3. The number of nitrogens with zero attached hydrogens (tertiary/aromatic N) is 1. The van der Waals surface area contributed by atoms with Gasteiger partial charge in [0.2, 0.25) is 0 Å². The van der Waals surface area contributed by atoms with Crippen molar-refractivity contribution < 1.29 is 5.11 Å². The Hall–Kier alpha value is -1.28. The summed E-state index contributed by atoms with van der Waals surface area (Å²) in [6, 6.07) is 8.20. The summed E-state index contributed by atoms with van der Waals surface area (Å²) in [4.78, 5) is 2.35. The van der Waals surface area contributed by atoms with Crippen LogP contribution in [0, 0.1) is 0 Å². The predicted octanol–water partition coefficient (Wildman–Crippen LogP) is 3.29. The van der Waals surface area contributed by atoms with E-state index in [1.807, 2.05) is 25.1 Å². The Bertz CT molecular complexity index is 411. The van der Waals surface area contributed by atoms with E-state index in [-0.39, 0.29) is 6.10 Å². The molecule has 0 fully saturated rings. The topological polar surface area (TPSA) is 23.5 Å². The fraction of sp³-hybridized carbons (Fsp3) is 0.467. The number of anilines is 1. The molecule has 0 spiro atoms. The zero-order chi connectivity index (χ0) is 12.3. The molecule has 0 aromatic heterocycles. The Kier molecular flexibility index (Phi) is 3.85. The third kappa shape index (κ3) is 2.70. The second-order valence-corrected chi connectivity index (χ2v) is 4.73. The number of hydrogen-bond acceptors (Lipinski definition) is 2. The maximum Gasteiger partial charge on any atom is 0.0807 e. The molecule has 1 aliphatic rings. The predicted molar refractivity (Wildman–Crippen MR) is 72.3 cm³/mol. The van der Waals surface area contributed by atoms with Gasteiger partial charge in [0.15, 0.2) is 0 Å². The van der Waals surface area contributed by atoms with Crippen molar-refractivity contribution in [2.75, 3.05) is 18.0 Å². The molecule has 0 amide bonds. The van der Waals surface area contributed by atoms with Crippen LogP contribution in [0.4, 0.5) is 5.69 Å². The first kappa shape index (κ1) is 12.2. The average Bonchev–Trinajstić information content (AvgIpc) is 2.39. The Morgan fingerprint density at radius 2 is 2.12 bits per heavy atom. The molecule has 1 aromatic rings. The molecule has 1 aliphatic heterocycles.